The van der Waals surface area contributed by atoms with Crippen LogP contribution in [0, 0.1) is 0 Å². The number of nitrogens with zero attached hydrogens (tertiary/aromatic N) is 2. The van der Waals surface area contributed by atoms with Gasteiger partial charge >= 0.3 is 12.3 Å². The Balaban J connectivity index is 1.54. The molecule has 2 aliphatic heterocycles. The molecule has 0 spiro atoms. The van der Waals surface area contributed by atoms with E-state index in [1.807, 2.05) is 39.0 Å². The number of benzene rings is 2. The maximum absolute atomic E-state index is 12.9. The maximum atomic E-state index is 12.9. The molecule has 2 aromatic rings. The number of amidine groups is 1. The molecular formula is C25H28F3N3O3. The van der Waals surface area contributed by atoms with E-state index in [0.29, 0.717) is 37.6 Å². The van der Waals surface area contributed by atoms with Crippen LogP contribution in [0.3, 0.4) is 0 Å². The van der Waals surface area contributed by atoms with Gasteiger partial charge in [-0.3, -0.25) is 4.99 Å². The van der Waals surface area contributed by atoms with E-state index >= 15 is 0 Å². The number of nitrogens with one attached hydrogen (secondary N) is 1. The van der Waals surface area contributed by atoms with E-state index in [1.54, 1.807) is 0 Å². The summed E-state index contributed by atoms with van der Waals surface area (Å²) in [6, 6.07) is 10.6. The largest absolute Gasteiger partial charge is 0.491 e. The van der Waals surface area contributed by atoms with Crippen LogP contribution in [0.4, 0.5) is 18.0 Å². The highest BCUT2D eigenvalue weighted by Gasteiger charge is 2.31. The van der Waals surface area contributed by atoms with Gasteiger partial charge in [-0.05, 0) is 62.6 Å². The summed E-state index contributed by atoms with van der Waals surface area (Å²) in [5.74, 6) is 1.44. The smallest absolute Gasteiger partial charge is 0.416 e. The van der Waals surface area contributed by atoms with Gasteiger partial charge in [0.1, 0.15) is 23.8 Å². The zero-order valence-electron chi connectivity index (χ0n) is 19.4. The minimum atomic E-state index is -4.38. The first-order valence-corrected chi connectivity index (χ1v) is 11.2. The molecule has 0 bridgehead atoms. The summed E-state index contributed by atoms with van der Waals surface area (Å²) in [5, 5.41) is 2.92. The van der Waals surface area contributed by atoms with E-state index < -0.39 is 23.4 Å². The van der Waals surface area contributed by atoms with Gasteiger partial charge < -0.3 is 19.7 Å². The van der Waals surface area contributed by atoms with Gasteiger partial charge in [-0.25, -0.2) is 4.79 Å². The number of likely N-dealkylation sites (tertiary alicyclic amines) is 1. The zero-order chi connectivity index (χ0) is 24.5. The molecule has 34 heavy (non-hydrogen) atoms. The number of rotatable bonds is 2. The van der Waals surface area contributed by atoms with E-state index in [-0.39, 0.29) is 6.04 Å². The van der Waals surface area contributed by atoms with Gasteiger partial charge in [-0.15, -0.1) is 0 Å². The Morgan fingerprint density at radius 1 is 1.12 bits per heavy atom. The van der Waals surface area contributed by atoms with Crippen LogP contribution in [0.15, 0.2) is 47.5 Å². The molecule has 0 aliphatic carbocycles. The van der Waals surface area contributed by atoms with E-state index in [4.69, 9.17) is 14.5 Å². The standard InChI is InChI=1S/C25H28F3N3O3/c1-24(2,3)34-23(32)30-19-10-12-31(15-19)22-20-14-17(6-9-21(20)33-13-11-29-22)16-4-7-18(8-5-16)25(26,27)28/h4-9,14,19H,10-13,15H2,1-3H3,(H,30,32)/t19-/m1/s1. The molecule has 2 aromatic carbocycles. The van der Waals surface area contributed by atoms with Gasteiger partial charge in [0.15, 0.2) is 0 Å². The zero-order valence-corrected chi connectivity index (χ0v) is 19.4. The van der Waals surface area contributed by atoms with Crippen LogP contribution in [0.5, 0.6) is 5.75 Å². The number of carbonyl (C=O) groups excluding carboxylic acids is 1. The SMILES string of the molecule is CC(C)(C)OC(=O)N[C@@H]1CCN(C2=NCCOc3ccc(-c4ccc(C(F)(F)F)cc4)cc32)C1. The fourth-order valence-electron chi connectivity index (χ4n) is 4.07. The summed E-state index contributed by atoms with van der Waals surface area (Å²) in [5.41, 5.74) is 0.974. The van der Waals surface area contributed by atoms with E-state index in [0.717, 1.165) is 35.5 Å². The molecule has 0 saturated carbocycles. The number of alkyl carbamates (subject to hydrolysis) is 1. The number of ether oxygens (including phenoxy) is 2. The minimum Gasteiger partial charge on any atom is -0.491 e. The van der Waals surface area contributed by atoms with Gasteiger partial charge in [0.05, 0.1) is 23.7 Å². The quantitative estimate of drug-likeness (QED) is 0.656. The maximum Gasteiger partial charge on any atom is 0.416 e. The number of amides is 1. The Hall–Kier alpha value is -3.23. The molecule has 6 nitrogen and oxygen atoms in total. The number of halogens is 3. The van der Waals surface area contributed by atoms with Crippen LogP contribution in [0.25, 0.3) is 11.1 Å². The predicted molar refractivity (Wildman–Crippen MR) is 123 cm³/mol. The number of alkyl halides is 3. The molecule has 0 unspecified atom stereocenters. The molecule has 182 valence electrons. The first kappa shape index (κ1) is 23.9. The second kappa shape index (κ2) is 9.19. The van der Waals surface area contributed by atoms with Crippen molar-refractivity contribution in [3.05, 3.63) is 53.6 Å². The summed E-state index contributed by atoms with van der Waals surface area (Å²) in [6.45, 7) is 7.64. The third-order valence-electron chi connectivity index (χ3n) is 5.59. The first-order chi connectivity index (χ1) is 16.0. The van der Waals surface area contributed by atoms with Crippen LogP contribution >= 0.6 is 0 Å². The van der Waals surface area contributed by atoms with Crippen LogP contribution in [0.2, 0.25) is 0 Å². The summed E-state index contributed by atoms with van der Waals surface area (Å²) >= 11 is 0. The van der Waals surface area contributed by atoms with Gasteiger partial charge in [0.2, 0.25) is 0 Å². The van der Waals surface area contributed by atoms with Gasteiger partial charge in [0.25, 0.3) is 0 Å². The molecule has 0 radical (unpaired) electrons. The molecular weight excluding hydrogens is 447 g/mol. The van der Waals surface area contributed by atoms with Crippen molar-refractivity contribution in [3.63, 3.8) is 0 Å². The molecule has 9 heteroatoms. The van der Waals surface area contributed by atoms with Crippen molar-refractivity contribution in [1.29, 1.82) is 0 Å². The molecule has 2 heterocycles. The first-order valence-electron chi connectivity index (χ1n) is 11.2. The van der Waals surface area contributed by atoms with Gasteiger partial charge in [-0.2, -0.15) is 13.2 Å². The monoisotopic (exact) mass is 475 g/mol. The number of hydrogen-bond acceptors (Lipinski definition) is 5. The lowest BCUT2D eigenvalue weighted by molar-refractivity contribution is -0.137. The van der Waals surface area contributed by atoms with Crippen LogP contribution in [-0.4, -0.2) is 54.7 Å². The third-order valence-corrected chi connectivity index (χ3v) is 5.59. The van der Waals surface area contributed by atoms with Gasteiger partial charge in [0, 0.05) is 13.1 Å². The van der Waals surface area contributed by atoms with Crippen LogP contribution in [-0.2, 0) is 10.9 Å². The number of hydrogen-bond donors (Lipinski definition) is 1. The Kier molecular flexibility index (Phi) is 6.47. The molecule has 1 saturated heterocycles. The highest BCUT2D eigenvalue weighted by Crippen LogP contribution is 2.33. The fraction of sp³-hybridized carbons (Fsp3) is 0.440. The van der Waals surface area contributed by atoms with Crippen molar-refractivity contribution in [2.75, 3.05) is 26.2 Å². The average Bonchev–Trinajstić information content (AvgIpc) is 3.09. The topological polar surface area (TPSA) is 63.2 Å². The summed E-state index contributed by atoms with van der Waals surface area (Å²) in [4.78, 5) is 19.0. The number of fused-ring (bicyclic) bond motifs is 1. The Bertz CT molecular complexity index is 1080. The van der Waals surface area contributed by atoms with Crippen molar-refractivity contribution in [1.82, 2.24) is 10.2 Å². The highest BCUT2D eigenvalue weighted by molar-refractivity contribution is 6.02. The van der Waals surface area contributed by atoms with Crippen molar-refractivity contribution in [2.24, 2.45) is 4.99 Å². The third kappa shape index (κ3) is 5.63. The Morgan fingerprint density at radius 2 is 1.82 bits per heavy atom. The van der Waals surface area contributed by atoms with E-state index in [1.165, 1.54) is 12.1 Å². The predicted octanol–water partition coefficient (Wildman–Crippen LogP) is 5.11. The van der Waals surface area contributed by atoms with Gasteiger partial charge in [-0.1, -0.05) is 18.2 Å². The lowest BCUT2D eigenvalue weighted by atomic mass is 10.00. The van der Waals surface area contributed by atoms with E-state index in [2.05, 4.69) is 10.2 Å². The second-order valence-corrected chi connectivity index (χ2v) is 9.42. The normalized spacial score (nSPS) is 18.5. The lowest BCUT2D eigenvalue weighted by Crippen LogP contribution is -2.41. The van der Waals surface area contributed by atoms with Crippen molar-refractivity contribution >= 4 is 11.9 Å². The van der Waals surface area contributed by atoms with Crippen LogP contribution < -0.4 is 10.1 Å². The summed E-state index contributed by atoms with van der Waals surface area (Å²) < 4.78 is 50.0. The average molecular weight is 476 g/mol. The van der Waals surface area contributed by atoms with Crippen molar-refractivity contribution in [2.45, 2.75) is 45.0 Å². The number of aliphatic imine (C=N–C) groups is 1. The molecule has 1 amide bonds. The summed E-state index contributed by atoms with van der Waals surface area (Å²) in [7, 11) is 0. The Morgan fingerprint density at radius 3 is 2.50 bits per heavy atom. The highest BCUT2D eigenvalue weighted by atomic mass is 19.4. The number of carbonyl (C=O) groups is 1. The molecule has 1 atom stereocenters. The molecule has 2 aliphatic rings. The minimum absolute atomic E-state index is 0.0803. The molecule has 4 rings (SSSR count). The van der Waals surface area contributed by atoms with E-state index in [9.17, 15) is 18.0 Å². The van der Waals surface area contributed by atoms with Crippen molar-refractivity contribution in [3.8, 4) is 16.9 Å². The fourth-order valence-corrected chi connectivity index (χ4v) is 4.07. The molecule has 0 aromatic heterocycles. The molecule has 1 fully saturated rings. The second-order valence-electron chi connectivity index (χ2n) is 9.42. The van der Waals surface area contributed by atoms with Crippen molar-refractivity contribution < 1.29 is 27.4 Å². The Labute approximate surface area is 196 Å². The van der Waals surface area contributed by atoms with Crippen LogP contribution in [0.1, 0.15) is 38.3 Å². The lowest BCUT2D eigenvalue weighted by Gasteiger charge is -2.23. The molecule has 1 N–H and O–H groups in total. The summed E-state index contributed by atoms with van der Waals surface area (Å²) in [6.07, 6.45) is -4.08.